The highest BCUT2D eigenvalue weighted by Gasteiger charge is 2.27. The minimum Gasteiger partial charge on any atom is -0.348 e. The Balaban J connectivity index is 1.44. The summed E-state index contributed by atoms with van der Waals surface area (Å²) in [5, 5.41) is 7.75. The molecule has 0 fully saturated rings. The van der Waals surface area contributed by atoms with Gasteiger partial charge in [0.05, 0.1) is 24.0 Å². The SMILES string of the molecule is CC(Sc1ccccc1)C(=O)NC1CCCc2c1cnn2Cc1ccccc1. The summed E-state index contributed by atoms with van der Waals surface area (Å²) in [5.74, 6) is 0.0857. The fraction of sp³-hybridized carbons (Fsp3) is 0.304. The third kappa shape index (κ3) is 4.30. The fourth-order valence-electron chi connectivity index (χ4n) is 3.71. The zero-order valence-corrected chi connectivity index (χ0v) is 16.9. The van der Waals surface area contributed by atoms with E-state index in [1.807, 2.05) is 49.5 Å². The summed E-state index contributed by atoms with van der Waals surface area (Å²) in [5.41, 5.74) is 3.67. The van der Waals surface area contributed by atoms with Crippen LogP contribution in [0.1, 0.15) is 42.6 Å². The van der Waals surface area contributed by atoms with Gasteiger partial charge in [-0.25, -0.2) is 0 Å². The second-order valence-electron chi connectivity index (χ2n) is 7.22. The number of fused-ring (bicyclic) bond motifs is 1. The minimum atomic E-state index is -0.132. The minimum absolute atomic E-state index is 0.0552. The first-order valence-electron chi connectivity index (χ1n) is 9.81. The van der Waals surface area contributed by atoms with Crippen molar-refractivity contribution in [2.75, 3.05) is 0 Å². The van der Waals surface area contributed by atoms with E-state index in [1.165, 1.54) is 16.8 Å². The molecule has 0 aliphatic heterocycles. The second kappa shape index (κ2) is 8.65. The van der Waals surface area contributed by atoms with Gasteiger partial charge < -0.3 is 5.32 Å². The third-order valence-corrected chi connectivity index (χ3v) is 6.29. The van der Waals surface area contributed by atoms with Gasteiger partial charge in [0.2, 0.25) is 5.91 Å². The van der Waals surface area contributed by atoms with Crippen molar-refractivity contribution in [3.8, 4) is 0 Å². The van der Waals surface area contributed by atoms with Gasteiger partial charge in [0.15, 0.2) is 0 Å². The van der Waals surface area contributed by atoms with Crippen molar-refractivity contribution >= 4 is 17.7 Å². The van der Waals surface area contributed by atoms with Gasteiger partial charge in [0, 0.05) is 16.2 Å². The summed E-state index contributed by atoms with van der Waals surface area (Å²) < 4.78 is 2.09. The fourth-order valence-corrected chi connectivity index (χ4v) is 4.60. The molecule has 1 aliphatic rings. The Morgan fingerprint density at radius 3 is 2.64 bits per heavy atom. The lowest BCUT2D eigenvalue weighted by Gasteiger charge is -2.25. The Morgan fingerprint density at radius 1 is 1.18 bits per heavy atom. The normalized spacial score (nSPS) is 17.0. The predicted octanol–water partition coefficient (Wildman–Crippen LogP) is 4.61. The van der Waals surface area contributed by atoms with E-state index in [0.717, 1.165) is 30.7 Å². The Hall–Kier alpha value is -2.53. The van der Waals surface area contributed by atoms with Gasteiger partial charge in [-0.1, -0.05) is 48.5 Å². The number of nitrogens with zero attached hydrogens (tertiary/aromatic N) is 2. The molecule has 1 heterocycles. The summed E-state index contributed by atoms with van der Waals surface area (Å²) in [7, 11) is 0. The van der Waals surface area contributed by atoms with Crippen LogP contribution >= 0.6 is 11.8 Å². The van der Waals surface area contributed by atoms with Crippen molar-refractivity contribution in [2.45, 2.75) is 48.9 Å². The number of hydrogen-bond donors (Lipinski definition) is 1. The van der Waals surface area contributed by atoms with E-state index < -0.39 is 0 Å². The summed E-state index contributed by atoms with van der Waals surface area (Å²) in [4.78, 5) is 13.9. The number of amides is 1. The monoisotopic (exact) mass is 391 g/mol. The molecule has 2 unspecified atom stereocenters. The van der Waals surface area contributed by atoms with E-state index in [1.54, 1.807) is 11.8 Å². The molecule has 1 N–H and O–H groups in total. The average Bonchev–Trinajstić information content (AvgIpc) is 3.13. The number of nitrogens with one attached hydrogen (secondary N) is 1. The highest BCUT2D eigenvalue weighted by atomic mass is 32.2. The van der Waals surface area contributed by atoms with Crippen molar-refractivity contribution in [3.63, 3.8) is 0 Å². The second-order valence-corrected chi connectivity index (χ2v) is 8.63. The van der Waals surface area contributed by atoms with Gasteiger partial charge in [-0.05, 0) is 43.9 Å². The van der Waals surface area contributed by atoms with Gasteiger partial charge in [0.25, 0.3) is 0 Å². The molecular formula is C23H25N3OS. The van der Waals surface area contributed by atoms with E-state index in [-0.39, 0.29) is 17.2 Å². The topological polar surface area (TPSA) is 46.9 Å². The molecule has 0 saturated heterocycles. The molecule has 144 valence electrons. The lowest BCUT2D eigenvalue weighted by Crippen LogP contribution is -2.35. The number of carbonyl (C=O) groups excluding carboxylic acids is 1. The number of aromatic nitrogens is 2. The van der Waals surface area contributed by atoms with Gasteiger partial charge in [-0.3, -0.25) is 9.48 Å². The van der Waals surface area contributed by atoms with Gasteiger partial charge in [-0.2, -0.15) is 5.10 Å². The van der Waals surface area contributed by atoms with Crippen LogP contribution in [0.4, 0.5) is 0 Å². The Morgan fingerprint density at radius 2 is 1.89 bits per heavy atom. The van der Waals surface area contributed by atoms with Crippen LogP contribution in [0.2, 0.25) is 0 Å². The van der Waals surface area contributed by atoms with Crippen molar-refractivity contribution in [2.24, 2.45) is 0 Å². The molecule has 0 bridgehead atoms. The molecule has 1 amide bonds. The van der Waals surface area contributed by atoms with Gasteiger partial charge in [-0.15, -0.1) is 11.8 Å². The maximum absolute atomic E-state index is 12.8. The van der Waals surface area contributed by atoms with Crippen LogP contribution in [0.15, 0.2) is 71.8 Å². The Bertz CT molecular complexity index is 924. The zero-order valence-electron chi connectivity index (χ0n) is 16.0. The van der Waals surface area contributed by atoms with Crippen LogP contribution in [0.3, 0.4) is 0 Å². The van der Waals surface area contributed by atoms with Crippen LogP contribution in [0.5, 0.6) is 0 Å². The molecule has 0 saturated carbocycles. The third-order valence-electron chi connectivity index (χ3n) is 5.18. The van der Waals surface area contributed by atoms with Crippen LogP contribution in [-0.2, 0) is 17.8 Å². The first-order chi connectivity index (χ1) is 13.7. The molecule has 0 spiro atoms. The van der Waals surface area contributed by atoms with Gasteiger partial charge >= 0.3 is 0 Å². The van der Waals surface area contributed by atoms with Crippen molar-refractivity contribution in [1.82, 2.24) is 15.1 Å². The van der Waals surface area contributed by atoms with E-state index in [0.29, 0.717) is 0 Å². The van der Waals surface area contributed by atoms with Crippen molar-refractivity contribution in [1.29, 1.82) is 0 Å². The van der Waals surface area contributed by atoms with E-state index in [2.05, 4.69) is 39.4 Å². The molecule has 3 aromatic rings. The molecule has 2 atom stereocenters. The highest BCUT2D eigenvalue weighted by Crippen LogP contribution is 2.31. The molecule has 4 nitrogen and oxygen atoms in total. The molecular weight excluding hydrogens is 366 g/mol. The molecule has 0 radical (unpaired) electrons. The average molecular weight is 392 g/mol. The quantitative estimate of drug-likeness (QED) is 0.625. The number of thioether (sulfide) groups is 1. The maximum atomic E-state index is 12.8. The van der Waals surface area contributed by atoms with Crippen molar-refractivity contribution < 1.29 is 4.79 Å². The molecule has 1 aliphatic carbocycles. The van der Waals surface area contributed by atoms with Crippen LogP contribution < -0.4 is 5.32 Å². The van der Waals surface area contributed by atoms with E-state index >= 15 is 0 Å². The molecule has 2 aromatic carbocycles. The first-order valence-corrected chi connectivity index (χ1v) is 10.7. The van der Waals surface area contributed by atoms with Crippen LogP contribution in [-0.4, -0.2) is 20.9 Å². The zero-order chi connectivity index (χ0) is 19.3. The van der Waals surface area contributed by atoms with Crippen LogP contribution in [0.25, 0.3) is 0 Å². The molecule has 4 rings (SSSR count). The standard InChI is InChI=1S/C23H25N3OS/c1-17(28-19-11-6-3-7-12-19)23(27)25-21-13-8-14-22-20(21)15-24-26(22)16-18-9-4-2-5-10-18/h2-7,9-12,15,17,21H,8,13-14,16H2,1H3,(H,25,27). The molecule has 1 aromatic heterocycles. The lowest BCUT2D eigenvalue weighted by molar-refractivity contribution is -0.121. The van der Waals surface area contributed by atoms with E-state index in [9.17, 15) is 4.79 Å². The van der Waals surface area contributed by atoms with Crippen molar-refractivity contribution in [3.05, 3.63) is 83.7 Å². The molecule has 5 heteroatoms. The number of hydrogen-bond acceptors (Lipinski definition) is 3. The summed E-state index contributed by atoms with van der Waals surface area (Å²) in [6.45, 7) is 2.74. The Kier molecular flexibility index (Phi) is 5.81. The molecule has 28 heavy (non-hydrogen) atoms. The smallest absolute Gasteiger partial charge is 0.233 e. The summed E-state index contributed by atoms with van der Waals surface area (Å²) in [6.07, 6.45) is 5.00. The maximum Gasteiger partial charge on any atom is 0.233 e. The van der Waals surface area contributed by atoms with Gasteiger partial charge in [0.1, 0.15) is 0 Å². The predicted molar refractivity (Wildman–Crippen MR) is 113 cm³/mol. The summed E-state index contributed by atoms with van der Waals surface area (Å²) >= 11 is 1.60. The lowest BCUT2D eigenvalue weighted by atomic mass is 9.92. The first kappa shape index (κ1) is 18.8. The van der Waals surface area contributed by atoms with E-state index in [4.69, 9.17) is 0 Å². The number of carbonyl (C=O) groups is 1. The van der Waals surface area contributed by atoms with Crippen LogP contribution in [0, 0.1) is 0 Å². The Labute approximate surface area is 170 Å². The summed E-state index contributed by atoms with van der Waals surface area (Å²) in [6, 6.07) is 20.5. The highest BCUT2D eigenvalue weighted by molar-refractivity contribution is 8.00. The largest absolute Gasteiger partial charge is 0.348 e. The number of rotatable bonds is 6. The number of benzene rings is 2.